The summed E-state index contributed by atoms with van der Waals surface area (Å²) in [6.07, 6.45) is 8.05. The monoisotopic (exact) mass is 768 g/mol. The summed E-state index contributed by atoms with van der Waals surface area (Å²) in [5.41, 5.74) is 4.11. The van der Waals surface area contributed by atoms with Crippen molar-refractivity contribution in [2.24, 2.45) is 23.0 Å². The van der Waals surface area contributed by atoms with Crippen LogP contribution in [0.2, 0.25) is 0 Å². The SMILES string of the molecule is COC(=O)/C=C/CC[C@H](NC(=O)c1ccccc1C(=O)O)C(=O)N[C@H](C(=O)N1CCC[C@H](C(=O)N[C@H](C(=O)N[C@@H](C)C(N)=O)C2CCCCC2)C1)C(C)(C)C. The highest BCUT2D eigenvalue weighted by Crippen LogP contribution is 2.28. The Morgan fingerprint density at radius 1 is 0.909 bits per heavy atom. The molecule has 3 rings (SSSR count). The minimum absolute atomic E-state index is 0.00866. The van der Waals surface area contributed by atoms with Crippen LogP contribution in [-0.2, 0) is 33.5 Å². The van der Waals surface area contributed by atoms with Gasteiger partial charge in [0.2, 0.25) is 29.5 Å². The Kier molecular flexibility index (Phi) is 16.4. The first-order valence-corrected chi connectivity index (χ1v) is 18.8. The topological polar surface area (TPSA) is 243 Å². The molecule has 16 heteroatoms. The average Bonchev–Trinajstić information content (AvgIpc) is 3.16. The van der Waals surface area contributed by atoms with Crippen molar-refractivity contribution in [3.05, 3.63) is 47.5 Å². The Bertz CT molecular complexity index is 1620. The maximum Gasteiger partial charge on any atom is 0.336 e. The molecule has 16 nitrogen and oxygen atoms in total. The highest BCUT2D eigenvalue weighted by atomic mass is 16.5. The van der Waals surface area contributed by atoms with E-state index in [-0.39, 0.29) is 36.4 Å². The van der Waals surface area contributed by atoms with E-state index < -0.39 is 82.9 Å². The largest absolute Gasteiger partial charge is 0.478 e. The number of ether oxygens (including phenoxy) is 1. The molecule has 1 aliphatic heterocycles. The molecule has 1 saturated carbocycles. The molecule has 1 aliphatic carbocycles. The molecule has 1 heterocycles. The maximum atomic E-state index is 14.2. The van der Waals surface area contributed by atoms with Crippen LogP contribution in [0.25, 0.3) is 0 Å². The zero-order chi connectivity index (χ0) is 40.9. The van der Waals surface area contributed by atoms with Gasteiger partial charge in [-0.25, -0.2) is 9.59 Å². The van der Waals surface area contributed by atoms with E-state index in [1.165, 1.54) is 55.4 Å². The molecule has 0 bridgehead atoms. The number of primary amides is 1. The number of nitrogens with zero attached hydrogens (tertiary/aromatic N) is 1. The number of piperidine rings is 1. The van der Waals surface area contributed by atoms with Crippen molar-refractivity contribution in [3.63, 3.8) is 0 Å². The van der Waals surface area contributed by atoms with Crippen molar-refractivity contribution in [1.29, 1.82) is 0 Å². The van der Waals surface area contributed by atoms with Gasteiger partial charge >= 0.3 is 11.9 Å². The Labute approximate surface area is 321 Å². The molecule has 302 valence electrons. The third kappa shape index (κ3) is 12.9. The van der Waals surface area contributed by atoms with Crippen LogP contribution >= 0.6 is 0 Å². The standard InChI is InChI=1S/C39H56N6O10/c1-23(32(40)47)41-36(51)30(24-14-7-6-8-15-24)43-33(48)25-16-13-21-45(22-25)37(52)31(39(2,3)4)44-35(50)28(19-11-12-20-29(46)55-5)42-34(49)26-17-9-10-18-27(26)38(53)54/h9-10,12,17-18,20,23-25,28,30-31H,6-8,11,13-16,19,21-22H2,1-5H3,(H2,40,47)(H,41,51)(H,42,49)(H,43,48)(H,44,50)(H,53,54)/b20-12+/t23-,25-,28-,30-,31+/m0/s1. The van der Waals surface area contributed by atoms with Gasteiger partial charge in [0.05, 0.1) is 24.2 Å². The summed E-state index contributed by atoms with van der Waals surface area (Å²) in [5, 5.41) is 20.6. The number of carbonyl (C=O) groups excluding carboxylic acids is 7. The van der Waals surface area contributed by atoms with Crippen LogP contribution in [0.15, 0.2) is 36.4 Å². The van der Waals surface area contributed by atoms with Gasteiger partial charge in [0.15, 0.2) is 0 Å². The normalized spacial score (nSPS) is 18.6. The first-order chi connectivity index (χ1) is 25.9. The van der Waals surface area contributed by atoms with Crippen LogP contribution in [-0.4, -0.2) is 102 Å². The molecule has 1 aromatic carbocycles. The minimum atomic E-state index is -1.33. The summed E-state index contributed by atoms with van der Waals surface area (Å²) in [6.45, 7) is 7.12. The second-order valence-electron chi connectivity index (χ2n) is 15.3. The third-order valence-electron chi connectivity index (χ3n) is 10.1. The van der Waals surface area contributed by atoms with Gasteiger partial charge < -0.3 is 41.7 Å². The van der Waals surface area contributed by atoms with Gasteiger partial charge in [-0.3, -0.25) is 28.8 Å². The number of methoxy groups -OCH3 is 1. The number of esters is 1. The summed E-state index contributed by atoms with van der Waals surface area (Å²) in [4.78, 5) is 105. The number of likely N-dealkylation sites (tertiary alicyclic amines) is 1. The van der Waals surface area contributed by atoms with Crippen molar-refractivity contribution in [3.8, 4) is 0 Å². The van der Waals surface area contributed by atoms with E-state index in [1.807, 2.05) is 0 Å². The summed E-state index contributed by atoms with van der Waals surface area (Å²) in [5.74, 6) is -6.26. The lowest BCUT2D eigenvalue weighted by Crippen LogP contribution is -2.60. The van der Waals surface area contributed by atoms with Crippen molar-refractivity contribution in [1.82, 2.24) is 26.2 Å². The lowest BCUT2D eigenvalue weighted by molar-refractivity contribution is -0.143. The average molecular weight is 769 g/mol. The molecule has 0 spiro atoms. The van der Waals surface area contributed by atoms with Gasteiger partial charge in [0, 0.05) is 19.2 Å². The predicted octanol–water partition coefficient (Wildman–Crippen LogP) is 1.82. The second kappa shape index (κ2) is 20.4. The predicted molar refractivity (Wildman–Crippen MR) is 201 cm³/mol. The number of carboxylic acids is 1. The van der Waals surface area contributed by atoms with Crippen LogP contribution in [0.4, 0.5) is 0 Å². The van der Waals surface area contributed by atoms with Gasteiger partial charge in [0.1, 0.15) is 24.2 Å². The van der Waals surface area contributed by atoms with Gasteiger partial charge in [-0.05, 0) is 68.9 Å². The summed E-state index contributed by atoms with van der Waals surface area (Å²) < 4.78 is 4.61. The smallest absolute Gasteiger partial charge is 0.336 e. The number of hydrogen-bond donors (Lipinski definition) is 6. The molecule has 0 radical (unpaired) electrons. The van der Waals surface area contributed by atoms with E-state index in [1.54, 1.807) is 20.8 Å². The van der Waals surface area contributed by atoms with Crippen molar-refractivity contribution in [2.75, 3.05) is 20.2 Å². The molecule has 0 unspecified atom stereocenters. The molecule has 7 N–H and O–H groups in total. The number of hydrogen-bond acceptors (Lipinski definition) is 9. The fourth-order valence-corrected chi connectivity index (χ4v) is 6.86. The molecule has 55 heavy (non-hydrogen) atoms. The zero-order valence-electron chi connectivity index (χ0n) is 32.4. The summed E-state index contributed by atoms with van der Waals surface area (Å²) in [7, 11) is 1.21. The van der Waals surface area contributed by atoms with E-state index in [9.17, 15) is 43.5 Å². The number of rotatable bonds is 16. The fraction of sp³-hybridized carbons (Fsp3) is 0.590. The van der Waals surface area contributed by atoms with Crippen LogP contribution < -0.4 is 27.0 Å². The first kappa shape index (κ1) is 44.1. The minimum Gasteiger partial charge on any atom is -0.478 e. The number of carboxylic acid groups (broad SMARTS) is 1. The number of benzene rings is 1. The molecule has 0 aromatic heterocycles. The Morgan fingerprint density at radius 2 is 1.56 bits per heavy atom. The first-order valence-electron chi connectivity index (χ1n) is 18.8. The van der Waals surface area contributed by atoms with E-state index >= 15 is 0 Å². The fourth-order valence-electron chi connectivity index (χ4n) is 6.86. The lowest BCUT2D eigenvalue weighted by atomic mass is 9.82. The molecule has 2 aliphatic rings. The molecule has 1 saturated heterocycles. The lowest BCUT2D eigenvalue weighted by Gasteiger charge is -2.39. The maximum absolute atomic E-state index is 14.2. The number of allylic oxidation sites excluding steroid dienone is 1. The van der Waals surface area contributed by atoms with Crippen LogP contribution in [0.5, 0.6) is 0 Å². The van der Waals surface area contributed by atoms with E-state index in [0.29, 0.717) is 19.4 Å². The highest BCUT2D eigenvalue weighted by molar-refractivity contribution is 6.06. The molecule has 5 atom stereocenters. The molecule has 6 amide bonds. The van der Waals surface area contributed by atoms with Gasteiger partial charge in [-0.15, -0.1) is 0 Å². The molecule has 2 fully saturated rings. The zero-order valence-corrected chi connectivity index (χ0v) is 32.4. The van der Waals surface area contributed by atoms with Gasteiger partial charge in [0.25, 0.3) is 5.91 Å². The third-order valence-corrected chi connectivity index (χ3v) is 10.1. The Balaban J connectivity index is 1.80. The van der Waals surface area contributed by atoms with Crippen molar-refractivity contribution >= 4 is 47.4 Å². The number of nitrogens with one attached hydrogen (secondary N) is 4. The number of carbonyl (C=O) groups is 8. The summed E-state index contributed by atoms with van der Waals surface area (Å²) >= 11 is 0. The van der Waals surface area contributed by atoms with Gasteiger partial charge in [-0.1, -0.05) is 58.2 Å². The number of aromatic carboxylic acids is 1. The van der Waals surface area contributed by atoms with E-state index in [4.69, 9.17) is 5.73 Å². The molecule has 1 aromatic rings. The number of nitrogens with two attached hydrogens (primary N) is 1. The van der Waals surface area contributed by atoms with Crippen molar-refractivity contribution < 1.29 is 48.2 Å². The highest BCUT2D eigenvalue weighted by Gasteiger charge is 2.41. The Hall–Kier alpha value is -5.28. The Morgan fingerprint density at radius 3 is 2.16 bits per heavy atom. The molecular weight excluding hydrogens is 712 g/mol. The van der Waals surface area contributed by atoms with Gasteiger partial charge in [-0.2, -0.15) is 0 Å². The molecular formula is C39H56N6O10. The van der Waals surface area contributed by atoms with Crippen LogP contribution in [0.3, 0.4) is 0 Å². The summed E-state index contributed by atoms with van der Waals surface area (Å²) in [6, 6.07) is 1.40. The van der Waals surface area contributed by atoms with E-state index in [2.05, 4.69) is 26.0 Å². The second-order valence-corrected chi connectivity index (χ2v) is 15.3. The van der Waals surface area contributed by atoms with Crippen LogP contribution in [0, 0.1) is 17.3 Å². The number of amides is 6. The van der Waals surface area contributed by atoms with Crippen LogP contribution in [0.1, 0.15) is 106 Å². The van der Waals surface area contributed by atoms with E-state index in [0.717, 1.165) is 32.1 Å². The quantitative estimate of drug-likeness (QED) is 0.105. The van der Waals surface area contributed by atoms with Crippen molar-refractivity contribution in [2.45, 2.75) is 110 Å².